The van der Waals surface area contributed by atoms with Crippen molar-refractivity contribution in [3.63, 3.8) is 0 Å². The molecule has 8 nitrogen and oxygen atoms in total. The lowest BCUT2D eigenvalue weighted by Crippen LogP contribution is -2.05. The summed E-state index contributed by atoms with van der Waals surface area (Å²) in [5.74, 6) is 1.70. The lowest BCUT2D eigenvalue weighted by molar-refractivity contribution is 0.357. The van der Waals surface area contributed by atoms with E-state index in [2.05, 4.69) is 26.3 Å². The number of nitrogens with zero attached hydrogens (tertiary/aromatic N) is 5. The third-order valence-corrected chi connectivity index (χ3v) is 4.22. The van der Waals surface area contributed by atoms with Crippen LogP contribution in [0.15, 0.2) is 41.0 Å². The van der Waals surface area contributed by atoms with E-state index in [1.54, 1.807) is 23.1 Å². The maximum Gasteiger partial charge on any atom is 0.222 e. The van der Waals surface area contributed by atoms with E-state index in [0.29, 0.717) is 29.2 Å². The molecule has 0 saturated carbocycles. The topological polar surface area (TPSA) is 105 Å². The summed E-state index contributed by atoms with van der Waals surface area (Å²) in [4.78, 5) is 8.57. The third kappa shape index (κ3) is 2.30. The number of hydrogen-bond acceptors (Lipinski definition) is 7. The number of hydrogen-bond donors (Lipinski definition) is 1. The van der Waals surface area contributed by atoms with E-state index in [1.807, 2.05) is 12.1 Å². The second-order valence-corrected chi connectivity index (χ2v) is 5.87. The smallest absolute Gasteiger partial charge is 0.222 e. The van der Waals surface area contributed by atoms with Crippen LogP contribution in [0.1, 0.15) is 11.1 Å². The van der Waals surface area contributed by atoms with Crippen LogP contribution in [0.3, 0.4) is 0 Å². The molecule has 0 atom stereocenters. The summed E-state index contributed by atoms with van der Waals surface area (Å²) < 4.78 is 12.7. The second kappa shape index (κ2) is 5.30. The molecular formula is C17H14N6O2. The highest BCUT2D eigenvalue weighted by Crippen LogP contribution is 2.28. The van der Waals surface area contributed by atoms with Gasteiger partial charge in [0.15, 0.2) is 16.9 Å². The normalized spacial score (nSPS) is 13.1. The maximum absolute atomic E-state index is 5.88. The number of nitrogen functional groups attached to an aromatic ring is 1. The first-order chi connectivity index (χ1) is 12.3. The maximum atomic E-state index is 5.88. The number of furan rings is 1. The van der Waals surface area contributed by atoms with Crippen LogP contribution in [0, 0.1) is 0 Å². The van der Waals surface area contributed by atoms with Crippen LogP contribution in [0.2, 0.25) is 0 Å². The van der Waals surface area contributed by atoms with Crippen molar-refractivity contribution in [1.82, 2.24) is 25.0 Å². The molecule has 0 bridgehead atoms. The zero-order valence-corrected chi connectivity index (χ0v) is 13.2. The molecule has 0 aliphatic carbocycles. The quantitative estimate of drug-likeness (QED) is 0.611. The SMILES string of the molecule is Nc1nc(-c2ccco2)c2nnn(Cc3ccc4c(c3)CCO4)c2n1. The highest BCUT2D eigenvalue weighted by atomic mass is 16.5. The summed E-state index contributed by atoms with van der Waals surface area (Å²) in [6.07, 6.45) is 2.51. The average molecular weight is 334 g/mol. The van der Waals surface area contributed by atoms with Crippen molar-refractivity contribution in [1.29, 1.82) is 0 Å². The Labute approximate surface area is 142 Å². The Morgan fingerprint density at radius 2 is 2.16 bits per heavy atom. The molecule has 4 aromatic rings. The molecule has 0 radical (unpaired) electrons. The summed E-state index contributed by atoms with van der Waals surface area (Å²) in [5.41, 5.74) is 9.88. The molecular weight excluding hydrogens is 320 g/mol. The fourth-order valence-corrected chi connectivity index (χ4v) is 3.08. The predicted molar refractivity (Wildman–Crippen MR) is 90.0 cm³/mol. The molecule has 3 aromatic heterocycles. The molecule has 0 amide bonds. The first-order valence-corrected chi connectivity index (χ1v) is 7.93. The van der Waals surface area contributed by atoms with Gasteiger partial charge in [-0.2, -0.15) is 4.98 Å². The first-order valence-electron chi connectivity index (χ1n) is 7.93. The number of fused-ring (bicyclic) bond motifs is 2. The van der Waals surface area contributed by atoms with E-state index in [0.717, 1.165) is 24.3 Å². The van der Waals surface area contributed by atoms with Gasteiger partial charge in [0.2, 0.25) is 5.95 Å². The fourth-order valence-electron chi connectivity index (χ4n) is 3.08. The summed E-state index contributed by atoms with van der Waals surface area (Å²) in [7, 11) is 0. The Morgan fingerprint density at radius 1 is 1.20 bits per heavy atom. The lowest BCUT2D eigenvalue weighted by Gasteiger charge is -2.05. The largest absolute Gasteiger partial charge is 0.493 e. The van der Waals surface area contributed by atoms with Gasteiger partial charge < -0.3 is 14.9 Å². The Bertz CT molecular complexity index is 1070. The van der Waals surface area contributed by atoms with E-state index in [1.165, 1.54) is 5.56 Å². The second-order valence-electron chi connectivity index (χ2n) is 5.87. The number of nitrogens with two attached hydrogens (primary N) is 1. The van der Waals surface area contributed by atoms with Gasteiger partial charge in [0.25, 0.3) is 0 Å². The van der Waals surface area contributed by atoms with Crippen molar-refractivity contribution >= 4 is 17.1 Å². The zero-order chi connectivity index (χ0) is 16.8. The van der Waals surface area contributed by atoms with Crippen LogP contribution in [0.4, 0.5) is 5.95 Å². The minimum absolute atomic E-state index is 0.157. The van der Waals surface area contributed by atoms with Crippen LogP contribution in [-0.4, -0.2) is 31.6 Å². The highest BCUT2D eigenvalue weighted by molar-refractivity contribution is 5.85. The summed E-state index contributed by atoms with van der Waals surface area (Å²) in [6.45, 7) is 1.28. The summed E-state index contributed by atoms with van der Waals surface area (Å²) >= 11 is 0. The number of aromatic nitrogens is 5. The van der Waals surface area contributed by atoms with Crippen molar-refractivity contribution in [3.8, 4) is 17.2 Å². The number of benzene rings is 1. The van der Waals surface area contributed by atoms with Gasteiger partial charge in [0.05, 0.1) is 19.4 Å². The van der Waals surface area contributed by atoms with Gasteiger partial charge in [-0.15, -0.1) is 5.10 Å². The average Bonchev–Trinajstić information content (AvgIpc) is 3.35. The Kier molecular flexibility index (Phi) is 2.96. The van der Waals surface area contributed by atoms with Crippen molar-refractivity contribution in [2.24, 2.45) is 0 Å². The van der Waals surface area contributed by atoms with Crippen molar-refractivity contribution < 1.29 is 9.15 Å². The summed E-state index contributed by atoms with van der Waals surface area (Å²) in [6, 6.07) is 9.75. The molecule has 124 valence electrons. The molecule has 0 unspecified atom stereocenters. The van der Waals surface area contributed by atoms with Gasteiger partial charge in [-0.3, -0.25) is 0 Å². The van der Waals surface area contributed by atoms with Crippen molar-refractivity contribution in [2.45, 2.75) is 13.0 Å². The van der Waals surface area contributed by atoms with E-state index >= 15 is 0 Å². The minimum Gasteiger partial charge on any atom is -0.493 e. The van der Waals surface area contributed by atoms with Gasteiger partial charge in [0.1, 0.15) is 11.4 Å². The standard InChI is InChI=1S/C17H14N6O2/c18-17-19-14(13-2-1-6-24-13)15-16(20-17)23(22-21-15)9-10-3-4-12-11(8-10)5-7-25-12/h1-4,6,8H,5,7,9H2,(H2,18,19,20). The molecule has 1 aliphatic rings. The third-order valence-electron chi connectivity index (χ3n) is 4.22. The van der Waals surface area contributed by atoms with E-state index < -0.39 is 0 Å². The zero-order valence-electron chi connectivity index (χ0n) is 13.2. The molecule has 4 heterocycles. The van der Waals surface area contributed by atoms with Crippen LogP contribution >= 0.6 is 0 Å². The van der Waals surface area contributed by atoms with Gasteiger partial charge >= 0.3 is 0 Å². The van der Waals surface area contributed by atoms with Crippen LogP contribution in [0.25, 0.3) is 22.6 Å². The molecule has 2 N–H and O–H groups in total. The van der Waals surface area contributed by atoms with Gasteiger partial charge in [-0.25, -0.2) is 9.67 Å². The molecule has 0 spiro atoms. The van der Waals surface area contributed by atoms with Crippen LogP contribution in [-0.2, 0) is 13.0 Å². The molecule has 1 aliphatic heterocycles. The van der Waals surface area contributed by atoms with Gasteiger partial charge in [-0.05, 0) is 29.3 Å². The molecule has 8 heteroatoms. The van der Waals surface area contributed by atoms with E-state index in [9.17, 15) is 0 Å². The monoisotopic (exact) mass is 334 g/mol. The van der Waals surface area contributed by atoms with Gasteiger partial charge in [0, 0.05) is 6.42 Å². The number of ether oxygens (including phenoxy) is 1. The first kappa shape index (κ1) is 14.0. The van der Waals surface area contributed by atoms with Crippen LogP contribution < -0.4 is 10.5 Å². The Morgan fingerprint density at radius 3 is 3.04 bits per heavy atom. The highest BCUT2D eigenvalue weighted by Gasteiger charge is 2.18. The number of anilines is 1. The summed E-state index contributed by atoms with van der Waals surface area (Å²) in [5, 5.41) is 8.46. The fraction of sp³-hybridized carbons (Fsp3) is 0.176. The molecule has 25 heavy (non-hydrogen) atoms. The van der Waals surface area contributed by atoms with Crippen LogP contribution in [0.5, 0.6) is 5.75 Å². The van der Waals surface area contributed by atoms with Gasteiger partial charge in [-0.1, -0.05) is 17.3 Å². The van der Waals surface area contributed by atoms with Crippen molar-refractivity contribution in [2.75, 3.05) is 12.3 Å². The number of rotatable bonds is 3. The molecule has 0 saturated heterocycles. The lowest BCUT2D eigenvalue weighted by atomic mass is 10.1. The Hall–Kier alpha value is -3.42. The Balaban J connectivity index is 1.58. The molecule has 5 rings (SSSR count). The van der Waals surface area contributed by atoms with Crippen molar-refractivity contribution in [3.05, 3.63) is 47.7 Å². The predicted octanol–water partition coefficient (Wildman–Crippen LogP) is 2.05. The molecule has 1 aromatic carbocycles. The molecule has 0 fully saturated rings. The minimum atomic E-state index is 0.157. The van der Waals surface area contributed by atoms with E-state index in [-0.39, 0.29) is 5.95 Å². The van der Waals surface area contributed by atoms with E-state index in [4.69, 9.17) is 14.9 Å².